The van der Waals surface area contributed by atoms with Crippen LogP contribution in [0.5, 0.6) is 5.75 Å². The van der Waals surface area contributed by atoms with Crippen LogP contribution in [0.2, 0.25) is 0 Å². The summed E-state index contributed by atoms with van der Waals surface area (Å²) in [4.78, 5) is 24.4. The number of hydrogen-bond donors (Lipinski definition) is 2. The monoisotopic (exact) mass is 313 g/mol. The number of likely N-dealkylation sites (N-methyl/N-ethyl adjacent to an activating group) is 1. The Kier molecular flexibility index (Phi) is 3.85. The molecule has 0 aromatic heterocycles. The van der Waals surface area contributed by atoms with Crippen molar-refractivity contribution in [2.24, 2.45) is 0 Å². The SMILES string of the molecule is CN(O)C(=O)C(O)c1ccc2c(c1)C(=O)c1ccccc1CO2. The fourth-order valence-corrected chi connectivity index (χ4v) is 2.51. The molecule has 0 aliphatic carbocycles. The Hall–Kier alpha value is -2.70. The molecule has 2 aromatic rings. The van der Waals surface area contributed by atoms with E-state index in [2.05, 4.69) is 0 Å². The number of aliphatic hydroxyl groups excluding tert-OH is 1. The minimum atomic E-state index is -1.55. The Bertz CT molecular complexity index is 784. The van der Waals surface area contributed by atoms with Crippen molar-refractivity contribution in [3.63, 3.8) is 0 Å². The highest BCUT2D eigenvalue weighted by atomic mass is 16.5. The summed E-state index contributed by atoms with van der Waals surface area (Å²) >= 11 is 0. The maximum atomic E-state index is 12.7. The van der Waals surface area contributed by atoms with Gasteiger partial charge < -0.3 is 9.84 Å². The number of ketones is 1. The van der Waals surface area contributed by atoms with Crippen LogP contribution >= 0.6 is 0 Å². The summed E-state index contributed by atoms with van der Waals surface area (Å²) in [5.74, 6) is -0.716. The Morgan fingerprint density at radius 2 is 1.96 bits per heavy atom. The third kappa shape index (κ3) is 2.69. The first-order chi connectivity index (χ1) is 11.0. The molecule has 1 heterocycles. The molecule has 0 spiro atoms. The molecule has 0 saturated carbocycles. The van der Waals surface area contributed by atoms with Crippen molar-refractivity contribution >= 4 is 11.7 Å². The van der Waals surface area contributed by atoms with E-state index in [-0.39, 0.29) is 23.5 Å². The van der Waals surface area contributed by atoms with Crippen molar-refractivity contribution in [1.29, 1.82) is 0 Å². The maximum absolute atomic E-state index is 12.7. The van der Waals surface area contributed by atoms with Gasteiger partial charge in [-0.3, -0.25) is 14.8 Å². The van der Waals surface area contributed by atoms with Crippen LogP contribution in [0.1, 0.15) is 33.2 Å². The summed E-state index contributed by atoms with van der Waals surface area (Å²) in [5, 5.41) is 19.5. The lowest BCUT2D eigenvalue weighted by Crippen LogP contribution is -2.28. The number of carbonyl (C=O) groups excluding carboxylic acids is 2. The highest BCUT2D eigenvalue weighted by molar-refractivity contribution is 6.12. The molecule has 0 radical (unpaired) electrons. The minimum absolute atomic E-state index is 0.214. The molecule has 6 heteroatoms. The number of benzene rings is 2. The van der Waals surface area contributed by atoms with E-state index < -0.39 is 12.0 Å². The lowest BCUT2D eigenvalue weighted by Gasteiger charge is -2.16. The third-order valence-corrected chi connectivity index (χ3v) is 3.76. The fourth-order valence-electron chi connectivity index (χ4n) is 2.51. The molecule has 6 nitrogen and oxygen atoms in total. The van der Waals surface area contributed by atoms with Crippen LogP contribution in [-0.4, -0.2) is 34.1 Å². The van der Waals surface area contributed by atoms with Crippen molar-refractivity contribution in [2.45, 2.75) is 12.7 Å². The van der Waals surface area contributed by atoms with Crippen LogP contribution in [0, 0.1) is 0 Å². The van der Waals surface area contributed by atoms with E-state index in [0.29, 0.717) is 16.4 Å². The van der Waals surface area contributed by atoms with Gasteiger partial charge in [0.2, 0.25) is 0 Å². The van der Waals surface area contributed by atoms with Gasteiger partial charge in [-0.2, -0.15) is 0 Å². The topological polar surface area (TPSA) is 87.1 Å². The lowest BCUT2D eigenvalue weighted by molar-refractivity contribution is -0.169. The lowest BCUT2D eigenvalue weighted by atomic mass is 9.96. The van der Waals surface area contributed by atoms with Crippen LogP contribution in [0.3, 0.4) is 0 Å². The number of hydroxylamine groups is 2. The van der Waals surface area contributed by atoms with Crippen LogP contribution in [0.4, 0.5) is 0 Å². The molecule has 23 heavy (non-hydrogen) atoms. The average Bonchev–Trinajstić information content (AvgIpc) is 2.71. The second-order valence-electron chi connectivity index (χ2n) is 5.29. The van der Waals surface area contributed by atoms with Gasteiger partial charge in [0.05, 0.1) is 5.56 Å². The number of ether oxygens (including phenoxy) is 1. The number of carbonyl (C=O) groups is 2. The van der Waals surface area contributed by atoms with Gasteiger partial charge in [0.25, 0.3) is 5.91 Å². The minimum Gasteiger partial charge on any atom is -0.488 e. The molecule has 1 atom stereocenters. The van der Waals surface area contributed by atoms with Crippen molar-refractivity contribution < 1.29 is 24.6 Å². The highest BCUT2D eigenvalue weighted by Gasteiger charge is 2.26. The van der Waals surface area contributed by atoms with Crippen LogP contribution < -0.4 is 4.74 Å². The molecule has 0 fully saturated rings. The van der Waals surface area contributed by atoms with Crippen LogP contribution in [0.25, 0.3) is 0 Å². The number of nitrogens with zero attached hydrogens (tertiary/aromatic N) is 1. The zero-order chi connectivity index (χ0) is 16.6. The van der Waals surface area contributed by atoms with Gasteiger partial charge in [-0.25, -0.2) is 5.06 Å². The van der Waals surface area contributed by atoms with Gasteiger partial charge in [0, 0.05) is 18.2 Å². The summed E-state index contributed by atoms with van der Waals surface area (Å²) in [6.45, 7) is 0.273. The maximum Gasteiger partial charge on any atom is 0.279 e. The molecule has 2 aromatic carbocycles. The van der Waals surface area contributed by atoms with Crippen molar-refractivity contribution in [2.75, 3.05) is 7.05 Å². The van der Waals surface area contributed by atoms with Gasteiger partial charge in [-0.05, 0) is 17.7 Å². The van der Waals surface area contributed by atoms with Gasteiger partial charge in [-0.15, -0.1) is 0 Å². The molecule has 118 valence electrons. The van der Waals surface area contributed by atoms with Gasteiger partial charge >= 0.3 is 0 Å². The molecule has 3 rings (SSSR count). The number of amides is 1. The quantitative estimate of drug-likeness (QED) is 0.651. The van der Waals surface area contributed by atoms with Crippen molar-refractivity contribution in [3.8, 4) is 5.75 Å². The number of fused-ring (bicyclic) bond motifs is 2. The molecule has 1 aliphatic heterocycles. The van der Waals surface area contributed by atoms with Crippen molar-refractivity contribution in [3.05, 3.63) is 64.7 Å². The third-order valence-electron chi connectivity index (χ3n) is 3.76. The normalized spacial score (nSPS) is 14.1. The second kappa shape index (κ2) is 5.83. The summed E-state index contributed by atoms with van der Waals surface area (Å²) in [5.41, 5.74) is 1.80. The first-order valence-electron chi connectivity index (χ1n) is 7.03. The Labute approximate surface area is 132 Å². The number of hydrogen-bond acceptors (Lipinski definition) is 5. The standard InChI is InChI=1S/C17H15NO5/c1-18(22)17(21)15(19)10-6-7-14-13(8-10)16(20)12-5-3-2-4-11(12)9-23-14/h2-8,15,19,22H,9H2,1H3. The second-order valence-corrected chi connectivity index (χ2v) is 5.29. The molecular formula is C17H15NO5. The van der Waals surface area contributed by atoms with E-state index in [1.54, 1.807) is 18.2 Å². The summed E-state index contributed by atoms with van der Waals surface area (Å²) in [7, 11) is 1.12. The smallest absolute Gasteiger partial charge is 0.279 e. The summed E-state index contributed by atoms with van der Waals surface area (Å²) in [6.07, 6.45) is -1.55. The summed E-state index contributed by atoms with van der Waals surface area (Å²) in [6, 6.07) is 11.6. The summed E-state index contributed by atoms with van der Waals surface area (Å²) < 4.78 is 5.64. The first-order valence-corrected chi connectivity index (χ1v) is 7.03. The molecule has 1 amide bonds. The zero-order valence-corrected chi connectivity index (χ0v) is 12.4. The molecule has 1 unspecified atom stereocenters. The van der Waals surface area contributed by atoms with E-state index in [1.807, 2.05) is 12.1 Å². The Balaban J connectivity index is 2.04. The number of rotatable bonds is 2. The average molecular weight is 313 g/mol. The molecule has 0 bridgehead atoms. The van der Waals surface area contributed by atoms with Gasteiger partial charge in [0.15, 0.2) is 11.9 Å². The first kappa shape index (κ1) is 15.2. The fraction of sp³-hybridized carbons (Fsp3) is 0.176. The van der Waals surface area contributed by atoms with E-state index >= 15 is 0 Å². The van der Waals surface area contributed by atoms with Gasteiger partial charge in [-0.1, -0.05) is 30.3 Å². The van der Waals surface area contributed by atoms with Crippen molar-refractivity contribution in [1.82, 2.24) is 5.06 Å². The molecule has 0 saturated heterocycles. The number of aliphatic hydroxyl groups is 1. The Morgan fingerprint density at radius 3 is 2.70 bits per heavy atom. The van der Waals surface area contributed by atoms with E-state index in [1.165, 1.54) is 12.1 Å². The van der Waals surface area contributed by atoms with Gasteiger partial charge in [0.1, 0.15) is 12.4 Å². The molecular weight excluding hydrogens is 298 g/mol. The van der Waals surface area contributed by atoms with E-state index in [9.17, 15) is 14.7 Å². The van der Waals surface area contributed by atoms with Crippen LogP contribution in [-0.2, 0) is 11.4 Å². The highest BCUT2D eigenvalue weighted by Crippen LogP contribution is 2.31. The predicted molar refractivity (Wildman–Crippen MR) is 80.2 cm³/mol. The molecule has 2 N–H and O–H groups in total. The largest absolute Gasteiger partial charge is 0.488 e. The Morgan fingerprint density at radius 1 is 1.22 bits per heavy atom. The zero-order valence-electron chi connectivity index (χ0n) is 12.4. The van der Waals surface area contributed by atoms with E-state index in [0.717, 1.165) is 12.6 Å². The van der Waals surface area contributed by atoms with E-state index in [4.69, 9.17) is 9.94 Å². The molecule has 1 aliphatic rings. The van der Waals surface area contributed by atoms with Crippen LogP contribution in [0.15, 0.2) is 42.5 Å². The predicted octanol–water partition coefficient (Wildman–Crippen LogP) is 1.69.